The van der Waals surface area contributed by atoms with Gasteiger partial charge in [0.1, 0.15) is 6.04 Å². The molecule has 130 valence electrons. The van der Waals surface area contributed by atoms with Crippen molar-refractivity contribution in [3.8, 4) is 0 Å². The first kappa shape index (κ1) is 19.4. The number of nitrogens with one attached hydrogen (secondary N) is 1. The van der Waals surface area contributed by atoms with E-state index in [1.165, 1.54) is 7.11 Å². The van der Waals surface area contributed by atoms with E-state index in [1.54, 1.807) is 33.8 Å². The standard InChI is InChI=1S/C16H23F3N2O2/c1-9-6-11(8-12(7-9)16(17,18)19)15(3,4)21-14(22)13(20)10(2)23-5/h6-8,10,13H,20H2,1-5H3,(H,21,22)/t10-,13+/m0/s1. The molecule has 0 aliphatic heterocycles. The Morgan fingerprint density at radius 1 is 1.22 bits per heavy atom. The third-order valence-corrected chi connectivity index (χ3v) is 3.74. The van der Waals surface area contributed by atoms with Crippen LogP contribution in [0.4, 0.5) is 13.2 Å². The van der Waals surface area contributed by atoms with Gasteiger partial charge < -0.3 is 15.8 Å². The minimum Gasteiger partial charge on any atom is -0.380 e. The van der Waals surface area contributed by atoms with Gasteiger partial charge >= 0.3 is 6.18 Å². The van der Waals surface area contributed by atoms with Crippen molar-refractivity contribution in [1.29, 1.82) is 0 Å². The van der Waals surface area contributed by atoms with Crippen LogP contribution in [-0.4, -0.2) is 25.2 Å². The molecule has 7 heteroatoms. The second-order valence-corrected chi connectivity index (χ2v) is 6.17. The van der Waals surface area contributed by atoms with E-state index >= 15 is 0 Å². The summed E-state index contributed by atoms with van der Waals surface area (Å²) < 4.78 is 43.9. The number of benzene rings is 1. The van der Waals surface area contributed by atoms with Gasteiger partial charge in [0.05, 0.1) is 17.2 Å². The minimum atomic E-state index is -4.44. The Bertz CT molecular complexity index is 571. The van der Waals surface area contributed by atoms with Gasteiger partial charge in [0.15, 0.2) is 0 Å². The molecule has 0 saturated carbocycles. The molecule has 0 fully saturated rings. The fourth-order valence-corrected chi connectivity index (χ4v) is 2.13. The smallest absolute Gasteiger partial charge is 0.380 e. The van der Waals surface area contributed by atoms with E-state index in [1.807, 2.05) is 0 Å². The summed E-state index contributed by atoms with van der Waals surface area (Å²) in [6, 6.07) is 2.81. The Morgan fingerprint density at radius 3 is 2.22 bits per heavy atom. The number of hydrogen-bond acceptors (Lipinski definition) is 3. The predicted octanol–water partition coefficient (Wildman–Crippen LogP) is 2.73. The average molecular weight is 332 g/mol. The molecule has 1 amide bonds. The predicted molar refractivity (Wildman–Crippen MR) is 81.8 cm³/mol. The van der Waals surface area contributed by atoms with Crippen molar-refractivity contribution in [3.63, 3.8) is 0 Å². The first-order chi connectivity index (χ1) is 10.4. The molecule has 0 saturated heterocycles. The van der Waals surface area contributed by atoms with Crippen molar-refractivity contribution >= 4 is 5.91 Å². The fourth-order valence-electron chi connectivity index (χ4n) is 2.13. The number of rotatable bonds is 5. The molecule has 2 atom stereocenters. The molecule has 1 rings (SSSR count). The normalized spacial score (nSPS) is 15.2. The molecule has 0 radical (unpaired) electrons. The van der Waals surface area contributed by atoms with E-state index in [4.69, 9.17) is 10.5 Å². The number of halogens is 3. The van der Waals surface area contributed by atoms with Crippen molar-refractivity contribution in [2.24, 2.45) is 5.73 Å². The van der Waals surface area contributed by atoms with Gasteiger partial charge in [-0.15, -0.1) is 0 Å². The molecular weight excluding hydrogens is 309 g/mol. The summed E-state index contributed by atoms with van der Waals surface area (Å²) in [6.07, 6.45) is -4.95. The maximum absolute atomic E-state index is 13.0. The van der Waals surface area contributed by atoms with E-state index in [-0.39, 0.29) is 0 Å². The molecule has 1 aromatic carbocycles. The van der Waals surface area contributed by atoms with Crippen LogP contribution in [0.3, 0.4) is 0 Å². The number of aryl methyl sites for hydroxylation is 1. The highest BCUT2D eigenvalue weighted by atomic mass is 19.4. The zero-order chi connectivity index (χ0) is 18.0. The monoisotopic (exact) mass is 332 g/mol. The SMILES string of the molecule is CO[C@@H](C)[C@@H](N)C(=O)NC(C)(C)c1cc(C)cc(C(F)(F)F)c1. The number of alkyl halides is 3. The fraction of sp³-hybridized carbons (Fsp3) is 0.562. The number of methoxy groups -OCH3 is 1. The summed E-state index contributed by atoms with van der Waals surface area (Å²) in [7, 11) is 1.43. The van der Waals surface area contributed by atoms with Gasteiger partial charge in [-0.2, -0.15) is 13.2 Å². The van der Waals surface area contributed by atoms with E-state index in [9.17, 15) is 18.0 Å². The summed E-state index contributed by atoms with van der Waals surface area (Å²) in [5, 5.41) is 2.68. The van der Waals surface area contributed by atoms with Crippen LogP contribution in [0.25, 0.3) is 0 Å². The summed E-state index contributed by atoms with van der Waals surface area (Å²) in [4.78, 5) is 12.2. The highest BCUT2D eigenvalue weighted by Gasteiger charge is 2.34. The maximum atomic E-state index is 13.0. The average Bonchev–Trinajstić information content (AvgIpc) is 2.43. The summed E-state index contributed by atoms with van der Waals surface area (Å²) >= 11 is 0. The van der Waals surface area contributed by atoms with Crippen molar-refractivity contribution < 1.29 is 22.7 Å². The number of amides is 1. The van der Waals surface area contributed by atoms with Gasteiger partial charge in [0.2, 0.25) is 5.91 Å². The summed E-state index contributed by atoms with van der Waals surface area (Å²) in [5.74, 6) is -0.487. The highest BCUT2D eigenvalue weighted by molar-refractivity contribution is 5.83. The molecule has 1 aromatic rings. The molecule has 4 nitrogen and oxygen atoms in total. The van der Waals surface area contributed by atoms with Crippen molar-refractivity contribution in [2.75, 3.05) is 7.11 Å². The zero-order valence-corrected chi connectivity index (χ0v) is 13.9. The second-order valence-electron chi connectivity index (χ2n) is 6.17. The van der Waals surface area contributed by atoms with Gasteiger partial charge in [0, 0.05) is 7.11 Å². The molecule has 0 bridgehead atoms. The van der Waals surface area contributed by atoms with Crippen LogP contribution in [0, 0.1) is 6.92 Å². The van der Waals surface area contributed by atoms with E-state index in [0.717, 1.165) is 12.1 Å². The van der Waals surface area contributed by atoms with E-state index < -0.39 is 35.3 Å². The van der Waals surface area contributed by atoms with Crippen LogP contribution < -0.4 is 11.1 Å². The lowest BCUT2D eigenvalue weighted by molar-refractivity contribution is -0.137. The zero-order valence-electron chi connectivity index (χ0n) is 13.9. The molecule has 23 heavy (non-hydrogen) atoms. The van der Waals surface area contributed by atoms with Crippen molar-refractivity contribution in [2.45, 2.75) is 51.6 Å². The lowest BCUT2D eigenvalue weighted by Crippen LogP contribution is -2.53. The van der Waals surface area contributed by atoms with Crippen LogP contribution in [-0.2, 0) is 21.2 Å². The van der Waals surface area contributed by atoms with Crippen LogP contribution in [0.1, 0.15) is 37.5 Å². The number of carbonyl (C=O) groups is 1. The summed E-state index contributed by atoms with van der Waals surface area (Å²) in [6.45, 7) is 6.48. The lowest BCUT2D eigenvalue weighted by atomic mass is 9.90. The number of hydrogen-bond donors (Lipinski definition) is 2. The van der Waals surface area contributed by atoms with Gasteiger partial charge in [-0.05, 0) is 45.4 Å². The minimum absolute atomic E-state index is 0.357. The molecule has 3 N–H and O–H groups in total. The molecule has 0 heterocycles. The third-order valence-electron chi connectivity index (χ3n) is 3.74. The number of ether oxygens (including phenoxy) is 1. The largest absolute Gasteiger partial charge is 0.416 e. The Kier molecular flexibility index (Phi) is 5.82. The van der Waals surface area contributed by atoms with Crippen LogP contribution in [0.5, 0.6) is 0 Å². The Morgan fingerprint density at radius 2 is 1.74 bits per heavy atom. The highest BCUT2D eigenvalue weighted by Crippen LogP contribution is 2.33. The maximum Gasteiger partial charge on any atom is 0.416 e. The summed E-state index contributed by atoms with van der Waals surface area (Å²) in [5.41, 5.74) is 4.84. The lowest BCUT2D eigenvalue weighted by Gasteiger charge is -2.30. The molecule has 0 aromatic heterocycles. The quantitative estimate of drug-likeness (QED) is 0.871. The Hall–Kier alpha value is -1.60. The second kappa shape index (κ2) is 6.88. The van der Waals surface area contributed by atoms with E-state index in [2.05, 4.69) is 5.32 Å². The van der Waals surface area contributed by atoms with Gasteiger partial charge in [-0.25, -0.2) is 0 Å². The first-order valence-electron chi connectivity index (χ1n) is 7.18. The van der Waals surface area contributed by atoms with Crippen molar-refractivity contribution in [1.82, 2.24) is 5.32 Å². The third kappa shape index (κ3) is 4.94. The van der Waals surface area contributed by atoms with Gasteiger partial charge in [-0.3, -0.25) is 4.79 Å². The van der Waals surface area contributed by atoms with Crippen LogP contribution >= 0.6 is 0 Å². The topological polar surface area (TPSA) is 64.3 Å². The number of nitrogens with two attached hydrogens (primary N) is 1. The molecule has 0 spiro atoms. The van der Waals surface area contributed by atoms with Gasteiger partial charge in [-0.1, -0.05) is 11.6 Å². The molecule has 0 aliphatic rings. The number of carbonyl (C=O) groups excluding carboxylic acids is 1. The van der Waals surface area contributed by atoms with E-state index in [0.29, 0.717) is 11.1 Å². The van der Waals surface area contributed by atoms with Gasteiger partial charge in [0.25, 0.3) is 0 Å². The molecular formula is C16H23F3N2O2. The Labute approximate surface area is 134 Å². The van der Waals surface area contributed by atoms with Crippen LogP contribution in [0.2, 0.25) is 0 Å². The molecule has 0 aliphatic carbocycles. The van der Waals surface area contributed by atoms with Crippen molar-refractivity contribution in [3.05, 3.63) is 34.9 Å². The van der Waals surface area contributed by atoms with Crippen LogP contribution in [0.15, 0.2) is 18.2 Å². The first-order valence-corrected chi connectivity index (χ1v) is 7.18. The Balaban J connectivity index is 3.09. The molecule has 0 unspecified atom stereocenters.